The molecule has 23 heavy (non-hydrogen) atoms. The van der Waals surface area contributed by atoms with E-state index in [9.17, 15) is 21.6 Å². The Bertz CT molecular complexity index is 547. The van der Waals surface area contributed by atoms with Crippen molar-refractivity contribution in [2.75, 3.05) is 32.7 Å². The first-order valence-corrected chi connectivity index (χ1v) is 8.68. The monoisotopic (exact) mass is 354 g/mol. The van der Waals surface area contributed by atoms with Crippen molar-refractivity contribution in [3.63, 3.8) is 0 Å². The predicted octanol–water partition coefficient (Wildman–Crippen LogP) is 0.736. The van der Waals surface area contributed by atoms with Crippen LogP contribution in [-0.2, 0) is 10.0 Å². The highest BCUT2D eigenvalue weighted by molar-refractivity contribution is 7.90. The molecule has 0 unspecified atom stereocenters. The largest absolute Gasteiger partial charge is 0.511 e. The Morgan fingerprint density at radius 2 is 1.96 bits per heavy atom. The summed E-state index contributed by atoms with van der Waals surface area (Å²) in [6.45, 7) is 2.98. The minimum atomic E-state index is -5.24. The van der Waals surface area contributed by atoms with Gasteiger partial charge in [-0.1, -0.05) is 5.92 Å². The fraction of sp³-hybridized carbons (Fsp3) is 0.769. The van der Waals surface area contributed by atoms with Crippen molar-refractivity contribution >= 4 is 16.0 Å². The average molecular weight is 354 g/mol. The lowest BCUT2D eigenvalue weighted by Gasteiger charge is -2.30. The fourth-order valence-corrected chi connectivity index (χ4v) is 3.16. The van der Waals surface area contributed by atoms with Crippen molar-refractivity contribution in [3.8, 4) is 12.3 Å². The maximum absolute atomic E-state index is 12.5. The number of terminal acetylenes is 1. The number of aliphatic imine (C=N–C) groups is 1. The molecule has 10 heteroatoms. The summed E-state index contributed by atoms with van der Waals surface area (Å²) in [6, 6.07) is 0. The second-order valence-electron chi connectivity index (χ2n) is 5.07. The van der Waals surface area contributed by atoms with Crippen LogP contribution in [0.4, 0.5) is 13.2 Å². The van der Waals surface area contributed by atoms with Crippen molar-refractivity contribution in [2.24, 2.45) is 10.9 Å². The van der Waals surface area contributed by atoms with Crippen LogP contribution in [-0.4, -0.2) is 56.9 Å². The van der Waals surface area contributed by atoms with Crippen LogP contribution in [0.25, 0.3) is 0 Å². The summed E-state index contributed by atoms with van der Waals surface area (Å²) in [5.74, 6) is 2.99. The van der Waals surface area contributed by atoms with Crippen LogP contribution in [0.2, 0.25) is 0 Å². The van der Waals surface area contributed by atoms with E-state index in [4.69, 9.17) is 6.42 Å². The number of hydrogen-bond donors (Lipinski definition) is 2. The van der Waals surface area contributed by atoms with Crippen LogP contribution in [0, 0.1) is 18.3 Å². The van der Waals surface area contributed by atoms with Gasteiger partial charge in [-0.25, -0.2) is 8.42 Å². The molecule has 6 nitrogen and oxygen atoms in total. The van der Waals surface area contributed by atoms with E-state index in [-0.39, 0.29) is 19.0 Å². The van der Waals surface area contributed by atoms with Gasteiger partial charge in [0.15, 0.2) is 5.96 Å². The first-order chi connectivity index (χ1) is 10.7. The molecule has 0 radical (unpaired) electrons. The Kier molecular flexibility index (Phi) is 7.15. The van der Waals surface area contributed by atoms with Gasteiger partial charge in [-0.2, -0.15) is 17.5 Å². The number of halogens is 3. The molecule has 1 heterocycles. The average Bonchev–Trinajstić information content (AvgIpc) is 2.49. The van der Waals surface area contributed by atoms with Gasteiger partial charge < -0.3 is 10.6 Å². The fourth-order valence-electron chi connectivity index (χ4n) is 2.18. The van der Waals surface area contributed by atoms with E-state index in [2.05, 4.69) is 21.5 Å². The molecule has 1 saturated heterocycles. The van der Waals surface area contributed by atoms with Crippen LogP contribution < -0.4 is 10.6 Å². The molecule has 0 aromatic carbocycles. The third kappa shape index (κ3) is 5.58. The molecule has 0 aromatic rings. The first kappa shape index (κ1) is 19.6. The summed E-state index contributed by atoms with van der Waals surface area (Å²) in [4.78, 5) is 4.32. The van der Waals surface area contributed by atoms with Gasteiger partial charge in [0, 0.05) is 26.2 Å². The van der Waals surface area contributed by atoms with Gasteiger partial charge in [0.2, 0.25) is 0 Å². The second kappa shape index (κ2) is 8.40. The zero-order valence-electron chi connectivity index (χ0n) is 12.9. The molecule has 2 N–H and O–H groups in total. The molecule has 0 spiro atoms. The smallest absolute Gasteiger partial charge is 0.357 e. The Morgan fingerprint density at radius 3 is 2.43 bits per heavy atom. The van der Waals surface area contributed by atoms with Gasteiger partial charge >= 0.3 is 15.5 Å². The quantitative estimate of drug-likeness (QED) is 0.434. The number of guanidine groups is 1. The van der Waals surface area contributed by atoms with Crippen LogP contribution in [0.1, 0.15) is 19.8 Å². The van der Waals surface area contributed by atoms with E-state index in [0.29, 0.717) is 42.7 Å². The van der Waals surface area contributed by atoms with E-state index in [1.165, 1.54) is 0 Å². The Labute approximate surface area is 134 Å². The molecule has 132 valence electrons. The molecule has 1 aliphatic heterocycles. The maximum Gasteiger partial charge on any atom is 0.511 e. The molecule has 0 atom stereocenters. The van der Waals surface area contributed by atoms with Gasteiger partial charge in [0.1, 0.15) is 0 Å². The SMILES string of the molecule is C#CCNC(=NCC1CCN(S(=O)(=O)C(F)(F)F)CC1)NCC. The van der Waals surface area contributed by atoms with E-state index in [1.807, 2.05) is 6.92 Å². The molecule has 1 fully saturated rings. The number of piperidine rings is 1. The van der Waals surface area contributed by atoms with Gasteiger partial charge in [-0.15, -0.1) is 6.42 Å². The summed E-state index contributed by atoms with van der Waals surface area (Å²) in [7, 11) is -5.22. The standard InChI is InChI=1S/C13H21F3N4O2S/c1-3-7-18-12(17-4-2)19-10-11-5-8-20(9-6-11)23(21,22)13(14,15)16/h1,11H,4-10H2,2H3,(H2,17,18,19). The first-order valence-electron chi connectivity index (χ1n) is 7.24. The minimum absolute atomic E-state index is 0.0379. The van der Waals surface area contributed by atoms with Crippen LogP contribution in [0.15, 0.2) is 4.99 Å². The normalized spacial score (nSPS) is 18.5. The van der Waals surface area contributed by atoms with E-state index in [1.54, 1.807) is 0 Å². The van der Waals surface area contributed by atoms with Crippen LogP contribution in [0.5, 0.6) is 0 Å². The molecule has 0 saturated carbocycles. The zero-order chi connectivity index (χ0) is 17.5. The minimum Gasteiger partial charge on any atom is -0.357 e. The predicted molar refractivity (Wildman–Crippen MR) is 82.1 cm³/mol. The number of hydrogen-bond acceptors (Lipinski definition) is 3. The summed E-state index contributed by atoms with van der Waals surface area (Å²) in [5.41, 5.74) is -5.24. The van der Waals surface area contributed by atoms with E-state index < -0.39 is 15.5 Å². The summed E-state index contributed by atoms with van der Waals surface area (Å²) < 4.78 is 60.6. The number of rotatable bonds is 5. The summed E-state index contributed by atoms with van der Waals surface area (Å²) in [5, 5.41) is 5.91. The number of sulfonamides is 1. The van der Waals surface area contributed by atoms with Crippen LogP contribution in [0.3, 0.4) is 0 Å². The number of alkyl halides is 3. The highest BCUT2D eigenvalue weighted by Crippen LogP contribution is 2.30. The maximum atomic E-state index is 12.5. The molecular formula is C13H21F3N4O2S. The van der Waals surface area contributed by atoms with Crippen molar-refractivity contribution in [2.45, 2.75) is 25.3 Å². The summed E-state index contributed by atoms with van der Waals surface area (Å²) >= 11 is 0. The third-order valence-corrected chi connectivity index (χ3v) is 5.05. The molecule has 0 amide bonds. The van der Waals surface area contributed by atoms with Crippen molar-refractivity contribution < 1.29 is 21.6 Å². The molecular weight excluding hydrogens is 333 g/mol. The molecule has 1 rings (SSSR count). The van der Waals surface area contributed by atoms with Crippen molar-refractivity contribution in [3.05, 3.63) is 0 Å². The molecule has 0 aliphatic carbocycles. The zero-order valence-corrected chi connectivity index (χ0v) is 13.7. The Morgan fingerprint density at radius 1 is 1.35 bits per heavy atom. The Balaban J connectivity index is 2.55. The van der Waals surface area contributed by atoms with Crippen LogP contribution >= 0.6 is 0 Å². The Hall–Kier alpha value is -1.47. The van der Waals surface area contributed by atoms with Gasteiger partial charge in [-0.3, -0.25) is 4.99 Å². The highest BCUT2D eigenvalue weighted by atomic mass is 32.2. The van der Waals surface area contributed by atoms with Gasteiger partial charge in [0.25, 0.3) is 0 Å². The molecule has 0 aromatic heterocycles. The van der Waals surface area contributed by atoms with Crippen molar-refractivity contribution in [1.29, 1.82) is 0 Å². The lowest BCUT2D eigenvalue weighted by molar-refractivity contribution is -0.0496. The lowest BCUT2D eigenvalue weighted by Crippen LogP contribution is -2.45. The van der Waals surface area contributed by atoms with Crippen molar-refractivity contribution in [1.82, 2.24) is 14.9 Å². The lowest BCUT2D eigenvalue weighted by atomic mass is 9.98. The van der Waals surface area contributed by atoms with Gasteiger partial charge in [-0.05, 0) is 25.7 Å². The topological polar surface area (TPSA) is 73.8 Å². The highest BCUT2D eigenvalue weighted by Gasteiger charge is 2.50. The number of nitrogens with zero attached hydrogens (tertiary/aromatic N) is 2. The number of nitrogens with one attached hydrogen (secondary N) is 2. The summed E-state index contributed by atoms with van der Waals surface area (Å²) in [6.07, 6.45) is 5.83. The molecule has 0 bridgehead atoms. The second-order valence-corrected chi connectivity index (χ2v) is 7.00. The third-order valence-electron chi connectivity index (χ3n) is 3.42. The van der Waals surface area contributed by atoms with Gasteiger partial charge in [0.05, 0.1) is 6.54 Å². The van der Waals surface area contributed by atoms with E-state index >= 15 is 0 Å². The molecule has 1 aliphatic rings. The van der Waals surface area contributed by atoms with E-state index in [0.717, 1.165) is 0 Å².